The monoisotopic (exact) mass is 266 g/mol. The molecule has 0 aromatic heterocycles. The van der Waals surface area contributed by atoms with Gasteiger partial charge in [0.1, 0.15) is 6.61 Å². The molecule has 0 radical (unpaired) electrons. The summed E-state index contributed by atoms with van der Waals surface area (Å²) in [5.41, 5.74) is 0.905. The van der Waals surface area contributed by atoms with Crippen LogP contribution in [0.2, 0.25) is 0 Å². The molecular weight excluding hydrogens is 248 g/mol. The van der Waals surface area contributed by atoms with E-state index in [0.29, 0.717) is 13.2 Å². The summed E-state index contributed by atoms with van der Waals surface area (Å²) in [4.78, 5) is 21.0. The van der Waals surface area contributed by atoms with Crippen molar-refractivity contribution in [2.24, 2.45) is 0 Å². The van der Waals surface area contributed by atoms with Crippen LogP contribution in [0.4, 0.5) is 5.69 Å². The third-order valence-electron chi connectivity index (χ3n) is 2.70. The maximum atomic E-state index is 10.7. The summed E-state index contributed by atoms with van der Waals surface area (Å²) in [7, 11) is 0. The molecule has 0 heterocycles. The lowest BCUT2D eigenvalue weighted by molar-refractivity contribution is -0.384. The molecule has 0 bridgehead atoms. The Morgan fingerprint density at radius 3 is 2.84 bits per heavy atom. The Kier molecular flexibility index (Phi) is 5.95. The number of hydrogen-bond acceptors (Lipinski definition) is 5. The average molecular weight is 266 g/mol. The first-order valence-electron chi connectivity index (χ1n) is 6.13. The summed E-state index contributed by atoms with van der Waals surface area (Å²) in [5, 5.41) is 13.9. The van der Waals surface area contributed by atoms with Crippen molar-refractivity contribution in [3.05, 3.63) is 39.9 Å². The Morgan fingerprint density at radius 2 is 2.26 bits per heavy atom. The fourth-order valence-electron chi connectivity index (χ4n) is 1.58. The zero-order chi connectivity index (χ0) is 14.3. The first kappa shape index (κ1) is 15.1. The number of non-ortho nitro benzene ring substituents is 1. The van der Waals surface area contributed by atoms with Crippen LogP contribution >= 0.6 is 0 Å². The average Bonchev–Trinajstić information content (AvgIpc) is 2.39. The smallest absolute Gasteiger partial charge is 0.302 e. The van der Waals surface area contributed by atoms with Gasteiger partial charge in [-0.3, -0.25) is 14.9 Å². The van der Waals surface area contributed by atoms with Crippen LogP contribution in [-0.2, 0) is 16.1 Å². The number of hydrogen-bond donors (Lipinski definition) is 1. The maximum Gasteiger partial charge on any atom is 0.302 e. The summed E-state index contributed by atoms with van der Waals surface area (Å²) < 4.78 is 4.94. The first-order chi connectivity index (χ1) is 9.02. The molecule has 1 aromatic carbocycles. The van der Waals surface area contributed by atoms with Crippen molar-refractivity contribution in [3.63, 3.8) is 0 Å². The van der Waals surface area contributed by atoms with Crippen molar-refractivity contribution in [1.82, 2.24) is 5.32 Å². The van der Waals surface area contributed by atoms with Crippen molar-refractivity contribution >= 4 is 11.7 Å². The van der Waals surface area contributed by atoms with Gasteiger partial charge in [0.2, 0.25) is 0 Å². The Morgan fingerprint density at radius 1 is 1.53 bits per heavy atom. The summed E-state index contributed by atoms with van der Waals surface area (Å²) in [6.07, 6.45) is 0.808. The Balaban J connectivity index is 2.52. The minimum atomic E-state index is -0.417. The summed E-state index contributed by atoms with van der Waals surface area (Å²) in [5.74, 6) is -0.310. The molecule has 0 amide bonds. The van der Waals surface area contributed by atoms with Gasteiger partial charge in [0.05, 0.1) is 4.92 Å². The first-order valence-corrected chi connectivity index (χ1v) is 6.13. The number of benzene rings is 1. The summed E-state index contributed by atoms with van der Waals surface area (Å²) in [6.45, 7) is 4.16. The van der Waals surface area contributed by atoms with Crippen LogP contribution in [0.5, 0.6) is 0 Å². The highest BCUT2D eigenvalue weighted by molar-refractivity contribution is 5.65. The maximum absolute atomic E-state index is 10.7. The Bertz CT molecular complexity index is 448. The molecule has 1 aromatic rings. The zero-order valence-corrected chi connectivity index (χ0v) is 11.1. The number of rotatable bonds is 7. The molecule has 1 atom stereocenters. The van der Waals surface area contributed by atoms with Crippen LogP contribution in [0.3, 0.4) is 0 Å². The zero-order valence-electron chi connectivity index (χ0n) is 11.1. The predicted octanol–water partition coefficient (Wildman–Crippen LogP) is 2.03. The van der Waals surface area contributed by atoms with Gasteiger partial charge in [-0.1, -0.05) is 19.1 Å². The molecule has 0 spiro atoms. The largest absolute Gasteiger partial charge is 0.464 e. The van der Waals surface area contributed by atoms with Gasteiger partial charge in [-0.2, -0.15) is 0 Å². The number of nitro groups is 1. The number of ether oxygens (including phenoxy) is 1. The van der Waals surface area contributed by atoms with E-state index in [4.69, 9.17) is 4.74 Å². The lowest BCUT2D eigenvalue weighted by Gasteiger charge is -2.16. The van der Waals surface area contributed by atoms with Gasteiger partial charge in [-0.25, -0.2) is 0 Å². The molecule has 104 valence electrons. The predicted molar refractivity (Wildman–Crippen MR) is 70.6 cm³/mol. The Hall–Kier alpha value is -1.95. The molecule has 0 aliphatic rings. The highest BCUT2D eigenvalue weighted by atomic mass is 16.6. The van der Waals surface area contributed by atoms with E-state index < -0.39 is 4.92 Å². The van der Waals surface area contributed by atoms with E-state index >= 15 is 0 Å². The summed E-state index contributed by atoms with van der Waals surface area (Å²) >= 11 is 0. The molecule has 19 heavy (non-hydrogen) atoms. The van der Waals surface area contributed by atoms with Crippen LogP contribution < -0.4 is 5.32 Å². The molecule has 0 fully saturated rings. The van der Waals surface area contributed by atoms with Gasteiger partial charge in [0.15, 0.2) is 0 Å². The molecule has 1 rings (SSSR count). The van der Waals surface area contributed by atoms with Crippen LogP contribution in [0.15, 0.2) is 24.3 Å². The van der Waals surface area contributed by atoms with Gasteiger partial charge >= 0.3 is 5.97 Å². The number of carbonyl (C=O) groups excluding carboxylic acids is 1. The number of nitro benzene ring substituents is 1. The SMILES string of the molecule is CCC(COC(C)=O)NCc1cccc([N+](=O)[O-])c1. The molecule has 0 saturated heterocycles. The lowest BCUT2D eigenvalue weighted by atomic mass is 10.1. The van der Waals surface area contributed by atoms with E-state index in [1.165, 1.54) is 19.1 Å². The van der Waals surface area contributed by atoms with Gasteiger partial charge in [0.25, 0.3) is 5.69 Å². The second kappa shape index (κ2) is 7.48. The number of nitrogens with one attached hydrogen (secondary N) is 1. The number of carbonyl (C=O) groups is 1. The standard InChI is InChI=1S/C13H18N2O4/c1-3-12(9-19-10(2)16)14-8-11-5-4-6-13(7-11)15(17)18/h4-7,12,14H,3,8-9H2,1-2H3. The fraction of sp³-hybridized carbons (Fsp3) is 0.462. The molecule has 6 nitrogen and oxygen atoms in total. The van der Waals surface area contributed by atoms with Gasteiger partial charge in [0, 0.05) is 31.6 Å². The van der Waals surface area contributed by atoms with E-state index in [0.717, 1.165) is 12.0 Å². The molecule has 0 aliphatic carbocycles. The van der Waals surface area contributed by atoms with Crippen molar-refractivity contribution in [3.8, 4) is 0 Å². The van der Waals surface area contributed by atoms with E-state index in [1.807, 2.05) is 13.0 Å². The highest BCUT2D eigenvalue weighted by Gasteiger charge is 2.09. The third-order valence-corrected chi connectivity index (χ3v) is 2.70. The number of esters is 1. The second-order valence-corrected chi connectivity index (χ2v) is 4.22. The molecular formula is C13H18N2O4. The molecule has 1 unspecified atom stereocenters. The minimum Gasteiger partial charge on any atom is -0.464 e. The molecule has 0 aliphatic heterocycles. The number of nitrogens with zero attached hydrogens (tertiary/aromatic N) is 1. The van der Waals surface area contributed by atoms with Gasteiger partial charge < -0.3 is 10.1 Å². The second-order valence-electron chi connectivity index (χ2n) is 4.22. The van der Waals surface area contributed by atoms with Crippen molar-refractivity contribution < 1.29 is 14.5 Å². The lowest BCUT2D eigenvalue weighted by Crippen LogP contribution is -2.33. The van der Waals surface area contributed by atoms with Crippen LogP contribution in [0.25, 0.3) is 0 Å². The van der Waals surface area contributed by atoms with E-state index in [1.54, 1.807) is 6.07 Å². The van der Waals surface area contributed by atoms with E-state index in [2.05, 4.69) is 5.32 Å². The van der Waals surface area contributed by atoms with Gasteiger partial charge in [-0.15, -0.1) is 0 Å². The van der Waals surface area contributed by atoms with Crippen LogP contribution in [-0.4, -0.2) is 23.5 Å². The molecule has 6 heteroatoms. The molecule has 1 N–H and O–H groups in total. The topological polar surface area (TPSA) is 81.5 Å². The third kappa shape index (κ3) is 5.48. The fourth-order valence-corrected chi connectivity index (χ4v) is 1.58. The van der Waals surface area contributed by atoms with Crippen LogP contribution in [0.1, 0.15) is 25.8 Å². The normalized spacial score (nSPS) is 11.9. The van der Waals surface area contributed by atoms with E-state index in [-0.39, 0.29) is 17.7 Å². The van der Waals surface area contributed by atoms with Crippen molar-refractivity contribution in [2.75, 3.05) is 6.61 Å². The van der Waals surface area contributed by atoms with E-state index in [9.17, 15) is 14.9 Å². The van der Waals surface area contributed by atoms with Crippen molar-refractivity contribution in [2.45, 2.75) is 32.9 Å². The van der Waals surface area contributed by atoms with Crippen LogP contribution in [0, 0.1) is 10.1 Å². The highest BCUT2D eigenvalue weighted by Crippen LogP contribution is 2.13. The quantitative estimate of drug-likeness (QED) is 0.464. The van der Waals surface area contributed by atoms with Crippen molar-refractivity contribution in [1.29, 1.82) is 0 Å². The molecule has 0 saturated carbocycles. The van der Waals surface area contributed by atoms with Gasteiger partial charge in [-0.05, 0) is 12.0 Å². The minimum absolute atomic E-state index is 0.0446. The summed E-state index contributed by atoms with van der Waals surface area (Å²) in [6, 6.07) is 6.51. The Labute approximate surface area is 111 Å².